The Kier molecular flexibility index (Phi) is 5.66. The number of aromatic nitrogens is 2. The molecule has 1 aliphatic carbocycles. The van der Waals surface area contributed by atoms with Gasteiger partial charge in [0.2, 0.25) is 5.91 Å². The summed E-state index contributed by atoms with van der Waals surface area (Å²) in [6.07, 6.45) is 7.57. The van der Waals surface area contributed by atoms with Crippen molar-refractivity contribution in [1.82, 2.24) is 20.0 Å². The third-order valence-electron chi connectivity index (χ3n) is 5.26. The van der Waals surface area contributed by atoms with E-state index in [-0.39, 0.29) is 18.0 Å². The summed E-state index contributed by atoms with van der Waals surface area (Å²) in [6, 6.07) is 2.10. The fourth-order valence-corrected chi connectivity index (χ4v) is 3.86. The summed E-state index contributed by atoms with van der Waals surface area (Å²) < 4.78 is 1.33. The molecule has 0 spiro atoms. The van der Waals surface area contributed by atoms with Crippen LogP contribution in [0.4, 0.5) is 0 Å². The van der Waals surface area contributed by atoms with Crippen LogP contribution in [-0.4, -0.2) is 46.3 Å². The van der Waals surface area contributed by atoms with E-state index >= 15 is 0 Å². The van der Waals surface area contributed by atoms with E-state index in [1.807, 2.05) is 0 Å². The van der Waals surface area contributed by atoms with Crippen molar-refractivity contribution in [2.45, 2.75) is 64.5 Å². The van der Waals surface area contributed by atoms with Gasteiger partial charge in [0.15, 0.2) is 0 Å². The molecule has 3 rings (SSSR count). The summed E-state index contributed by atoms with van der Waals surface area (Å²) in [5.74, 6) is -0.124. The first-order valence-electron chi connectivity index (χ1n) is 9.28. The molecule has 132 valence electrons. The SMILES string of the molecule is CCN1CCC[C@@H]1CNC(=O)Cn1nc2c(cc1=O)CCCCC2. The van der Waals surface area contributed by atoms with Crippen LogP contribution in [0.2, 0.25) is 0 Å². The quantitative estimate of drug-likeness (QED) is 0.821. The molecule has 2 heterocycles. The average Bonchev–Trinajstić information content (AvgIpc) is 2.92. The molecule has 1 amide bonds. The van der Waals surface area contributed by atoms with E-state index in [2.05, 4.69) is 22.2 Å². The Morgan fingerprint density at radius 3 is 2.96 bits per heavy atom. The minimum atomic E-state index is -0.165. The van der Waals surface area contributed by atoms with Crippen LogP contribution in [0.3, 0.4) is 0 Å². The number of aryl methyl sites for hydroxylation is 2. The maximum absolute atomic E-state index is 12.2. The second-order valence-corrected chi connectivity index (χ2v) is 6.90. The lowest BCUT2D eigenvalue weighted by atomic mass is 10.1. The van der Waals surface area contributed by atoms with Gasteiger partial charge in [-0.15, -0.1) is 0 Å². The van der Waals surface area contributed by atoms with Gasteiger partial charge >= 0.3 is 0 Å². The van der Waals surface area contributed by atoms with E-state index < -0.39 is 0 Å². The Bertz CT molecular complexity index is 640. The first-order chi connectivity index (χ1) is 11.7. The molecule has 1 atom stereocenters. The molecule has 2 aliphatic rings. The van der Waals surface area contributed by atoms with Gasteiger partial charge < -0.3 is 5.32 Å². The van der Waals surface area contributed by atoms with Crippen molar-refractivity contribution in [3.8, 4) is 0 Å². The average molecular weight is 332 g/mol. The first kappa shape index (κ1) is 17.1. The Hall–Kier alpha value is -1.69. The van der Waals surface area contributed by atoms with Crippen molar-refractivity contribution in [2.75, 3.05) is 19.6 Å². The third-order valence-corrected chi connectivity index (χ3v) is 5.26. The number of amides is 1. The second kappa shape index (κ2) is 7.92. The molecule has 24 heavy (non-hydrogen) atoms. The van der Waals surface area contributed by atoms with E-state index in [9.17, 15) is 9.59 Å². The van der Waals surface area contributed by atoms with Gasteiger partial charge in [-0.05, 0) is 57.2 Å². The van der Waals surface area contributed by atoms with Crippen molar-refractivity contribution in [2.24, 2.45) is 0 Å². The summed E-state index contributed by atoms with van der Waals surface area (Å²) >= 11 is 0. The van der Waals surface area contributed by atoms with Crippen molar-refractivity contribution in [3.05, 3.63) is 27.7 Å². The molecule has 1 aliphatic heterocycles. The minimum Gasteiger partial charge on any atom is -0.353 e. The van der Waals surface area contributed by atoms with Gasteiger partial charge in [-0.25, -0.2) is 4.68 Å². The summed E-state index contributed by atoms with van der Waals surface area (Å²) in [5.41, 5.74) is 1.90. The highest BCUT2D eigenvalue weighted by atomic mass is 16.2. The third kappa shape index (κ3) is 4.04. The topological polar surface area (TPSA) is 67.2 Å². The number of nitrogens with one attached hydrogen (secondary N) is 1. The zero-order valence-electron chi connectivity index (χ0n) is 14.6. The van der Waals surface area contributed by atoms with E-state index in [0.29, 0.717) is 12.6 Å². The molecule has 0 saturated carbocycles. The van der Waals surface area contributed by atoms with Crippen LogP contribution in [0, 0.1) is 0 Å². The predicted octanol–water partition coefficient (Wildman–Crippen LogP) is 1.11. The molecule has 1 aromatic heterocycles. The Balaban J connectivity index is 1.60. The smallest absolute Gasteiger partial charge is 0.267 e. The molecule has 0 radical (unpaired) electrons. The number of likely N-dealkylation sites (tertiary alicyclic amines) is 1. The molecule has 0 aromatic carbocycles. The lowest BCUT2D eigenvalue weighted by Crippen LogP contribution is -2.42. The highest BCUT2D eigenvalue weighted by Gasteiger charge is 2.23. The number of rotatable bonds is 5. The largest absolute Gasteiger partial charge is 0.353 e. The molecule has 6 heteroatoms. The maximum Gasteiger partial charge on any atom is 0.267 e. The van der Waals surface area contributed by atoms with Crippen LogP contribution in [0.15, 0.2) is 10.9 Å². The monoisotopic (exact) mass is 332 g/mol. The van der Waals surface area contributed by atoms with Gasteiger partial charge in [-0.1, -0.05) is 13.3 Å². The number of carbonyl (C=O) groups is 1. The van der Waals surface area contributed by atoms with Gasteiger partial charge in [0.25, 0.3) is 5.56 Å². The van der Waals surface area contributed by atoms with E-state index in [0.717, 1.165) is 56.5 Å². The summed E-state index contributed by atoms with van der Waals surface area (Å²) in [5, 5.41) is 7.43. The molecular formula is C18H28N4O2. The van der Waals surface area contributed by atoms with Crippen LogP contribution in [0.1, 0.15) is 50.3 Å². The van der Waals surface area contributed by atoms with Crippen molar-refractivity contribution >= 4 is 5.91 Å². The van der Waals surface area contributed by atoms with Gasteiger partial charge in [0.1, 0.15) is 6.54 Å². The van der Waals surface area contributed by atoms with Crippen LogP contribution in [-0.2, 0) is 24.2 Å². The number of hydrogen-bond donors (Lipinski definition) is 1. The van der Waals surface area contributed by atoms with E-state index in [4.69, 9.17) is 0 Å². The van der Waals surface area contributed by atoms with Crippen LogP contribution < -0.4 is 10.9 Å². The number of nitrogens with zero attached hydrogens (tertiary/aromatic N) is 3. The normalized spacial score (nSPS) is 21.3. The lowest BCUT2D eigenvalue weighted by molar-refractivity contribution is -0.122. The molecule has 1 saturated heterocycles. The number of fused-ring (bicyclic) bond motifs is 1. The molecule has 1 aromatic rings. The van der Waals surface area contributed by atoms with Gasteiger partial charge in [-0.2, -0.15) is 5.10 Å². The fraction of sp³-hybridized carbons (Fsp3) is 0.722. The number of hydrogen-bond acceptors (Lipinski definition) is 4. The molecule has 0 unspecified atom stereocenters. The second-order valence-electron chi connectivity index (χ2n) is 6.90. The Labute approximate surface area is 143 Å². The van der Waals surface area contributed by atoms with Crippen molar-refractivity contribution in [3.63, 3.8) is 0 Å². The highest BCUT2D eigenvalue weighted by Crippen LogP contribution is 2.17. The summed E-state index contributed by atoms with van der Waals surface area (Å²) in [7, 11) is 0. The Morgan fingerprint density at radius 2 is 2.12 bits per heavy atom. The predicted molar refractivity (Wildman–Crippen MR) is 93.0 cm³/mol. The number of carbonyl (C=O) groups excluding carboxylic acids is 1. The van der Waals surface area contributed by atoms with Crippen LogP contribution >= 0.6 is 0 Å². The van der Waals surface area contributed by atoms with Crippen LogP contribution in [0.5, 0.6) is 0 Å². The molecular weight excluding hydrogens is 304 g/mol. The lowest BCUT2D eigenvalue weighted by Gasteiger charge is -2.22. The Morgan fingerprint density at radius 1 is 1.29 bits per heavy atom. The molecule has 1 fully saturated rings. The zero-order valence-corrected chi connectivity index (χ0v) is 14.6. The van der Waals surface area contributed by atoms with Crippen molar-refractivity contribution < 1.29 is 4.79 Å². The minimum absolute atomic E-state index is 0.0188. The zero-order chi connectivity index (χ0) is 16.9. The van der Waals surface area contributed by atoms with Gasteiger partial charge in [0, 0.05) is 18.7 Å². The molecule has 6 nitrogen and oxygen atoms in total. The fourth-order valence-electron chi connectivity index (χ4n) is 3.86. The van der Waals surface area contributed by atoms with Crippen molar-refractivity contribution in [1.29, 1.82) is 0 Å². The van der Waals surface area contributed by atoms with Gasteiger partial charge in [0.05, 0.1) is 5.69 Å². The molecule has 1 N–H and O–H groups in total. The first-order valence-corrected chi connectivity index (χ1v) is 9.28. The summed E-state index contributed by atoms with van der Waals surface area (Å²) in [6.45, 7) is 4.96. The van der Waals surface area contributed by atoms with E-state index in [1.54, 1.807) is 6.07 Å². The number of likely N-dealkylation sites (N-methyl/N-ethyl adjacent to an activating group) is 1. The maximum atomic E-state index is 12.2. The van der Waals surface area contributed by atoms with E-state index in [1.165, 1.54) is 17.5 Å². The van der Waals surface area contributed by atoms with Crippen LogP contribution in [0.25, 0.3) is 0 Å². The van der Waals surface area contributed by atoms with Gasteiger partial charge in [-0.3, -0.25) is 14.5 Å². The standard InChI is InChI=1S/C18H28N4O2/c1-2-21-10-6-8-15(21)12-19-17(23)13-22-18(24)11-14-7-4-3-5-9-16(14)20-22/h11,15H,2-10,12-13H2,1H3,(H,19,23)/t15-/m1/s1. The molecule has 0 bridgehead atoms. The highest BCUT2D eigenvalue weighted by molar-refractivity contribution is 5.75. The summed E-state index contributed by atoms with van der Waals surface area (Å²) in [4.78, 5) is 26.8.